The molecule has 0 radical (unpaired) electrons. The summed E-state index contributed by atoms with van der Waals surface area (Å²) in [4.78, 5) is 26.8. The number of hydrogen-bond donors (Lipinski definition) is 3. The largest absolute Gasteiger partial charge is 0.491 e. The van der Waals surface area contributed by atoms with Crippen LogP contribution in [-0.4, -0.2) is 59.0 Å². The first kappa shape index (κ1) is 27.4. The van der Waals surface area contributed by atoms with Crippen molar-refractivity contribution >= 4 is 24.3 Å². The van der Waals surface area contributed by atoms with Gasteiger partial charge < -0.3 is 29.4 Å². The van der Waals surface area contributed by atoms with Crippen LogP contribution in [0.4, 0.5) is 0 Å². The van der Waals surface area contributed by atoms with Crippen molar-refractivity contribution in [2.75, 3.05) is 6.61 Å². The van der Waals surface area contributed by atoms with Crippen molar-refractivity contribution in [2.24, 2.45) is 34.0 Å². The smallest absolute Gasteiger partial charge is 0.482 e. The van der Waals surface area contributed by atoms with Crippen molar-refractivity contribution in [3.05, 3.63) is 36.4 Å². The number of aliphatic hydroxyl groups is 2. The van der Waals surface area contributed by atoms with Crippen LogP contribution in [0.15, 0.2) is 30.9 Å². The number of benzene rings is 1. The number of aliphatic hydroxyl groups excluding tert-OH is 2. The molecule has 4 aliphatic rings. The maximum absolute atomic E-state index is 13.6. The predicted octanol–water partition coefficient (Wildman–Crippen LogP) is 2.16. The second-order valence-corrected chi connectivity index (χ2v) is 12.5. The van der Waals surface area contributed by atoms with Crippen molar-refractivity contribution in [1.29, 1.82) is 0 Å². The van der Waals surface area contributed by atoms with Gasteiger partial charge in [0.25, 0.3) is 0 Å². The van der Waals surface area contributed by atoms with Crippen LogP contribution in [-0.2, 0) is 25.6 Å². The van der Waals surface area contributed by atoms with E-state index in [4.69, 9.17) is 14.1 Å². The molecule has 2 bridgehead atoms. The zero-order chi connectivity index (χ0) is 27.6. The Kier molecular flexibility index (Phi) is 6.82. The van der Waals surface area contributed by atoms with Gasteiger partial charge in [-0.25, -0.2) is 4.79 Å². The molecule has 0 saturated heterocycles. The van der Waals surface area contributed by atoms with Crippen molar-refractivity contribution in [2.45, 2.75) is 78.3 Å². The minimum atomic E-state index is -1.09. The number of hydrogen-bond acceptors (Lipinski definition) is 8. The van der Waals surface area contributed by atoms with E-state index < -0.39 is 53.6 Å². The lowest BCUT2D eigenvalue weighted by atomic mass is 9.44. The van der Waals surface area contributed by atoms with E-state index in [9.17, 15) is 24.8 Å². The summed E-state index contributed by atoms with van der Waals surface area (Å²) in [5, 5.41) is 32.4. The first-order valence-electron chi connectivity index (χ1n) is 13.7. The van der Waals surface area contributed by atoms with Crippen molar-refractivity contribution < 1.29 is 39.0 Å². The topological polar surface area (TPSA) is 123 Å². The third-order valence-electron chi connectivity index (χ3n) is 10.7. The summed E-state index contributed by atoms with van der Waals surface area (Å²) in [6.07, 6.45) is 1.25. The lowest BCUT2D eigenvalue weighted by Crippen LogP contribution is -2.63. The Morgan fingerprint density at radius 1 is 1.26 bits per heavy atom. The van der Waals surface area contributed by atoms with Crippen LogP contribution in [0, 0.1) is 34.0 Å². The highest BCUT2D eigenvalue weighted by Gasteiger charge is 2.70. The zero-order valence-corrected chi connectivity index (χ0v) is 22.7. The molecule has 5 rings (SSSR count). The molecule has 3 fully saturated rings. The van der Waals surface area contributed by atoms with Gasteiger partial charge in [0.2, 0.25) is 0 Å². The molecule has 3 aliphatic carbocycles. The monoisotopic (exact) mass is 526 g/mol. The summed E-state index contributed by atoms with van der Waals surface area (Å²) >= 11 is 0. The molecule has 0 unspecified atom stereocenters. The van der Waals surface area contributed by atoms with Crippen LogP contribution in [0.3, 0.4) is 0 Å². The van der Waals surface area contributed by atoms with E-state index in [1.165, 1.54) is 0 Å². The molecule has 0 amide bonds. The second kappa shape index (κ2) is 9.47. The highest BCUT2D eigenvalue weighted by molar-refractivity contribution is 6.61. The van der Waals surface area contributed by atoms with Gasteiger partial charge in [-0.1, -0.05) is 39.8 Å². The molecule has 8 nitrogen and oxygen atoms in total. The molecule has 9 atom stereocenters. The van der Waals surface area contributed by atoms with Crippen molar-refractivity contribution in [1.82, 2.24) is 0 Å². The normalized spacial score (nSPS) is 42.1. The van der Waals surface area contributed by atoms with Crippen LogP contribution < -0.4 is 10.2 Å². The SMILES string of the molecule is C=C[C@]1(C)C[C@@H](OC(=O)COc2ccc3c(c2)B(O)OC3)[C@]2(C)[C@H](C)CC[C@]3(C[C@H](O)C(=O)[C@H]32)[C@@H](C)[C@@H]1O. The fourth-order valence-corrected chi connectivity index (χ4v) is 8.10. The first-order valence-corrected chi connectivity index (χ1v) is 13.7. The van der Waals surface area contributed by atoms with Gasteiger partial charge in [0.05, 0.1) is 12.7 Å². The molecule has 0 aromatic heterocycles. The third kappa shape index (κ3) is 3.96. The molecule has 0 spiro atoms. The van der Waals surface area contributed by atoms with E-state index >= 15 is 0 Å². The average molecular weight is 526 g/mol. The maximum atomic E-state index is 13.6. The number of ether oxygens (including phenoxy) is 2. The Morgan fingerprint density at radius 2 is 2.00 bits per heavy atom. The van der Waals surface area contributed by atoms with Gasteiger partial charge in [-0.05, 0) is 66.1 Å². The lowest BCUT2D eigenvalue weighted by Gasteiger charge is -2.61. The number of carbonyl (C=O) groups is 2. The number of carbonyl (C=O) groups excluding carboxylic acids is 2. The average Bonchev–Trinajstić information content (AvgIpc) is 3.40. The molecule has 9 heteroatoms. The summed E-state index contributed by atoms with van der Waals surface area (Å²) in [7, 11) is -1.02. The van der Waals surface area contributed by atoms with Gasteiger partial charge in [0, 0.05) is 16.7 Å². The Bertz CT molecular complexity index is 1140. The summed E-state index contributed by atoms with van der Waals surface area (Å²) < 4.78 is 17.1. The summed E-state index contributed by atoms with van der Waals surface area (Å²) in [5.74, 6) is -1.13. The Balaban J connectivity index is 1.45. The molecule has 3 N–H and O–H groups in total. The zero-order valence-electron chi connectivity index (χ0n) is 22.7. The molecular weight excluding hydrogens is 487 g/mol. The molecule has 1 aliphatic heterocycles. The number of Topliss-reactive ketones (excluding diaryl/α,β-unsaturated/α-hetero) is 1. The fourth-order valence-electron chi connectivity index (χ4n) is 8.10. The van der Waals surface area contributed by atoms with Crippen LogP contribution in [0.2, 0.25) is 0 Å². The van der Waals surface area contributed by atoms with E-state index in [0.717, 1.165) is 18.4 Å². The van der Waals surface area contributed by atoms with Crippen LogP contribution in [0.5, 0.6) is 5.75 Å². The summed E-state index contributed by atoms with van der Waals surface area (Å²) in [6, 6.07) is 5.16. The van der Waals surface area contributed by atoms with Crippen molar-refractivity contribution in [3.8, 4) is 5.75 Å². The van der Waals surface area contributed by atoms with Gasteiger partial charge in [0.15, 0.2) is 12.4 Å². The van der Waals surface area contributed by atoms with Gasteiger partial charge in [-0.2, -0.15) is 0 Å². The van der Waals surface area contributed by atoms with Gasteiger partial charge in [-0.15, -0.1) is 6.58 Å². The van der Waals surface area contributed by atoms with Crippen molar-refractivity contribution in [3.63, 3.8) is 0 Å². The molecule has 1 aromatic carbocycles. The molecule has 3 saturated carbocycles. The van der Waals surface area contributed by atoms with Crippen LogP contribution in [0.1, 0.15) is 58.9 Å². The number of ketones is 1. The molecule has 38 heavy (non-hydrogen) atoms. The van der Waals surface area contributed by atoms with Crippen LogP contribution >= 0.6 is 0 Å². The van der Waals surface area contributed by atoms with Crippen LogP contribution in [0.25, 0.3) is 0 Å². The third-order valence-corrected chi connectivity index (χ3v) is 10.7. The fraction of sp³-hybridized carbons (Fsp3) is 0.655. The van der Waals surface area contributed by atoms with E-state index in [1.54, 1.807) is 24.3 Å². The minimum absolute atomic E-state index is 0.0447. The quantitative estimate of drug-likeness (QED) is 0.303. The summed E-state index contributed by atoms with van der Waals surface area (Å²) in [6.45, 7) is 12.0. The Hall–Kier alpha value is -2.20. The van der Waals surface area contributed by atoms with E-state index in [1.807, 2.05) is 20.8 Å². The predicted molar refractivity (Wildman–Crippen MR) is 140 cm³/mol. The molecule has 1 heterocycles. The Morgan fingerprint density at radius 3 is 2.71 bits per heavy atom. The van der Waals surface area contributed by atoms with E-state index in [0.29, 0.717) is 30.7 Å². The van der Waals surface area contributed by atoms with E-state index in [2.05, 4.69) is 13.5 Å². The number of rotatable bonds is 5. The minimum Gasteiger partial charge on any atom is -0.482 e. The highest BCUT2D eigenvalue weighted by Crippen LogP contribution is 2.68. The summed E-state index contributed by atoms with van der Waals surface area (Å²) in [5.41, 5.74) is -0.621. The van der Waals surface area contributed by atoms with E-state index in [-0.39, 0.29) is 24.2 Å². The van der Waals surface area contributed by atoms with Gasteiger partial charge in [-0.3, -0.25) is 4.79 Å². The lowest BCUT2D eigenvalue weighted by molar-refractivity contribution is -0.207. The highest BCUT2D eigenvalue weighted by atomic mass is 16.6. The Labute approximate surface area is 224 Å². The first-order chi connectivity index (χ1) is 17.9. The standard InChI is InChI=1S/C29H39BO8/c1-6-27(4)13-22(38-23(32)15-36-19-8-7-18-14-37-30(35)20(18)11-19)28(5)16(2)9-10-29(17(3)26(27)34)12-21(31)24(33)25(28)29/h6-8,11,16-17,21-22,25-26,31,34-35H,1,9-10,12-15H2,2-5H3/t16-,17+,21+,22-,25+,26+,27-,28+,29+/m1/s1. The number of fused-ring (bicyclic) bond motifs is 1. The molecule has 1 aromatic rings. The molecular formula is C29H39BO8. The maximum Gasteiger partial charge on any atom is 0.491 e. The molecule has 206 valence electrons. The second-order valence-electron chi connectivity index (χ2n) is 12.5. The van der Waals surface area contributed by atoms with Gasteiger partial charge >= 0.3 is 13.1 Å². The van der Waals surface area contributed by atoms with Gasteiger partial charge in [0.1, 0.15) is 18.0 Å². The number of esters is 1.